The van der Waals surface area contributed by atoms with Crippen LogP contribution in [0.3, 0.4) is 0 Å². The summed E-state index contributed by atoms with van der Waals surface area (Å²) in [6, 6.07) is 6.21. The van der Waals surface area contributed by atoms with Gasteiger partial charge in [-0.3, -0.25) is 4.79 Å². The Balaban J connectivity index is 2.22. The molecule has 1 amide bonds. The van der Waals surface area contributed by atoms with Crippen LogP contribution in [0, 0.1) is 5.92 Å². The molecule has 7 heteroatoms. The molecule has 0 radical (unpaired) electrons. The van der Waals surface area contributed by atoms with Crippen molar-refractivity contribution in [3.05, 3.63) is 24.3 Å². The quantitative estimate of drug-likeness (QED) is 0.741. The predicted molar refractivity (Wildman–Crippen MR) is 72.0 cm³/mol. The van der Waals surface area contributed by atoms with Crippen LogP contribution in [0.15, 0.2) is 29.2 Å². The molecule has 2 atom stereocenters. The molecule has 0 spiro atoms. The van der Waals surface area contributed by atoms with Gasteiger partial charge in [0.15, 0.2) is 0 Å². The second-order valence-corrected chi connectivity index (χ2v) is 6.20. The molecule has 1 heterocycles. The summed E-state index contributed by atoms with van der Waals surface area (Å²) in [5.41, 5.74) is 0.231. The van der Waals surface area contributed by atoms with E-state index in [4.69, 9.17) is 5.14 Å². The number of sulfonamides is 1. The topological polar surface area (TPSA) is 101 Å². The molecular weight excluding hydrogens is 266 g/mol. The van der Waals surface area contributed by atoms with Crippen LogP contribution < -0.4 is 15.8 Å². The van der Waals surface area contributed by atoms with Gasteiger partial charge in [-0.25, -0.2) is 13.6 Å². The van der Waals surface area contributed by atoms with Crippen LogP contribution in [0.1, 0.15) is 13.3 Å². The van der Waals surface area contributed by atoms with E-state index < -0.39 is 10.0 Å². The fourth-order valence-corrected chi connectivity index (χ4v) is 2.95. The molecule has 1 aromatic carbocycles. The highest BCUT2D eigenvalue weighted by molar-refractivity contribution is 7.89. The molecule has 0 bridgehead atoms. The molecule has 0 saturated carbocycles. The number of nitrogens with two attached hydrogens (primary N) is 1. The Kier molecular flexibility index (Phi) is 3.88. The van der Waals surface area contributed by atoms with E-state index in [1.807, 2.05) is 6.92 Å². The minimum absolute atomic E-state index is 0.0676. The van der Waals surface area contributed by atoms with E-state index in [1.165, 1.54) is 12.1 Å². The maximum absolute atomic E-state index is 12.1. The second kappa shape index (κ2) is 5.28. The Labute approximate surface area is 112 Å². The van der Waals surface area contributed by atoms with Crippen molar-refractivity contribution >= 4 is 21.6 Å². The zero-order chi connectivity index (χ0) is 14.0. The first-order chi connectivity index (χ1) is 8.89. The summed E-state index contributed by atoms with van der Waals surface area (Å²) in [7, 11) is -3.85. The SMILES string of the molecule is CC1NCCC1C(=O)Nc1ccccc1S(N)(=O)=O. The lowest BCUT2D eigenvalue weighted by Gasteiger charge is -2.16. The van der Waals surface area contributed by atoms with E-state index in [2.05, 4.69) is 10.6 Å². The number of anilines is 1. The minimum atomic E-state index is -3.85. The standard InChI is InChI=1S/C12H17N3O3S/c1-8-9(6-7-14-8)12(16)15-10-4-2-3-5-11(10)19(13,17)18/h2-5,8-9,14H,6-7H2,1H3,(H,15,16)(H2,13,17,18). The Hall–Kier alpha value is -1.44. The number of rotatable bonds is 3. The molecule has 1 aromatic rings. The van der Waals surface area contributed by atoms with Crippen molar-refractivity contribution < 1.29 is 13.2 Å². The van der Waals surface area contributed by atoms with E-state index in [0.717, 1.165) is 13.0 Å². The van der Waals surface area contributed by atoms with Gasteiger partial charge in [0, 0.05) is 6.04 Å². The largest absolute Gasteiger partial charge is 0.325 e. The fourth-order valence-electron chi connectivity index (χ4n) is 2.26. The number of carbonyl (C=O) groups is 1. The van der Waals surface area contributed by atoms with Crippen LogP contribution in [0.5, 0.6) is 0 Å². The van der Waals surface area contributed by atoms with Crippen molar-refractivity contribution in [2.75, 3.05) is 11.9 Å². The monoisotopic (exact) mass is 283 g/mol. The summed E-state index contributed by atoms with van der Waals surface area (Å²) in [5, 5.41) is 11.0. The minimum Gasteiger partial charge on any atom is -0.325 e. The highest BCUT2D eigenvalue weighted by Gasteiger charge is 2.30. The highest BCUT2D eigenvalue weighted by Crippen LogP contribution is 2.22. The van der Waals surface area contributed by atoms with Crippen molar-refractivity contribution in [2.45, 2.75) is 24.3 Å². The lowest BCUT2D eigenvalue weighted by Crippen LogP contribution is -2.32. The maximum Gasteiger partial charge on any atom is 0.240 e. The molecule has 1 saturated heterocycles. The van der Waals surface area contributed by atoms with Crippen molar-refractivity contribution in [2.24, 2.45) is 11.1 Å². The van der Waals surface area contributed by atoms with Crippen LogP contribution in [-0.2, 0) is 14.8 Å². The Morgan fingerprint density at radius 2 is 2.11 bits per heavy atom. The Bertz CT molecular complexity index is 586. The summed E-state index contributed by atoms with van der Waals surface area (Å²) < 4.78 is 22.9. The van der Waals surface area contributed by atoms with Gasteiger partial charge in [-0.15, -0.1) is 0 Å². The van der Waals surface area contributed by atoms with E-state index in [0.29, 0.717) is 0 Å². The summed E-state index contributed by atoms with van der Waals surface area (Å²) in [6.07, 6.45) is 0.741. The normalized spacial score (nSPS) is 23.3. The van der Waals surface area contributed by atoms with Crippen LogP contribution in [-0.4, -0.2) is 26.9 Å². The first-order valence-electron chi connectivity index (χ1n) is 6.05. The van der Waals surface area contributed by atoms with Crippen molar-refractivity contribution in [1.29, 1.82) is 0 Å². The maximum atomic E-state index is 12.1. The molecule has 104 valence electrons. The number of hydrogen-bond donors (Lipinski definition) is 3. The van der Waals surface area contributed by atoms with Gasteiger partial charge in [0.05, 0.1) is 11.6 Å². The van der Waals surface area contributed by atoms with Crippen molar-refractivity contribution in [3.8, 4) is 0 Å². The molecule has 0 aromatic heterocycles. The zero-order valence-corrected chi connectivity index (χ0v) is 11.4. The molecule has 1 fully saturated rings. The van der Waals surface area contributed by atoms with Gasteiger partial charge >= 0.3 is 0 Å². The lowest BCUT2D eigenvalue weighted by atomic mass is 10.0. The van der Waals surface area contributed by atoms with Gasteiger partial charge in [0.25, 0.3) is 0 Å². The average Bonchev–Trinajstić information content (AvgIpc) is 2.75. The number of nitrogens with one attached hydrogen (secondary N) is 2. The molecule has 2 unspecified atom stereocenters. The third-order valence-electron chi connectivity index (χ3n) is 3.31. The van der Waals surface area contributed by atoms with Crippen molar-refractivity contribution in [1.82, 2.24) is 5.32 Å². The molecule has 19 heavy (non-hydrogen) atoms. The van der Waals surface area contributed by atoms with Crippen LogP contribution in [0.25, 0.3) is 0 Å². The lowest BCUT2D eigenvalue weighted by molar-refractivity contribution is -0.120. The van der Waals surface area contributed by atoms with Gasteiger partial charge < -0.3 is 10.6 Å². The third-order valence-corrected chi connectivity index (χ3v) is 4.28. The van der Waals surface area contributed by atoms with Crippen LogP contribution in [0.4, 0.5) is 5.69 Å². The Morgan fingerprint density at radius 3 is 2.68 bits per heavy atom. The van der Waals surface area contributed by atoms with E-state index in [9.17, 15) is 13.2 Å². The number of hydrogen-bond acceptors (Lipinski definition) is 4. The van der Waals surface area contributed by atoms with Gasteiger partial charge in [0.1, 0.15) is 4.90 Å². The fraction of sp³-hybridized carbons (Fsp3) is 0.417. The first-order valence-corrected chi connectivity index (χ1v) is 7.60. The Morgan fingerprint density at radius 1 is 1.42 bits per heavy atom. The molecule has 2 rings (SSSR count). The molecule has 1 aliphatic rings. The van der Waals surface area contributed by atoms with E-state index >= 15 is 0 Å². The summed E-state index contributed by atoms with van der Waals surface area (Å²) in [5.74, 6) is -0.345. The number of amides is 1. The van der Waals surface area contributed by atoms with Gasteiger partial charge in [0.2, 0.25) is 15.9 Å². The summed E-state index contributed by atoms with van der Waals surface area (Å²) in [6.45, 7) is 2.72. The average molecular weight is 283 g/mol. The van der Waals surface area contributed by atoms with E-state index in [-0.39, 0.29) is 28.4 Å². The molecular formula is C12H17N3O3S. The number of primary sulfonamides is 1. The smallest absolute Gasteiger partial charge is 0.240 e. The zero-order valence-electron chi connectivity index (χ0n) is 10.6. The third kappa shape index (κ3) is 3.12. The summed E-state index contributed by atoms with van der Waals surface area (Å²) in [4.78, 5) is 12.0. The number of benzene rings is 1. The molecule has 4 N–H and O–H groups in total. The summed E-state index contributed by atoms with van der Waals surface area (Å²) >= 11 is 0. The van der Waals surface area contributed by atoms with Crippen LogP contribution >= 0.6 is 0 Å². The van der Waals surface area contributed by atoms with Crippen molar-refractivity contribution in [3.63, 3.8) is 0 Å². The molecule has 0 aliphatic carbocycles. The van der Waals surface area contributed by atoms with E-state index in [1.54, 1.807) is 12.1 Å². The van der Waals surface area contributed by atoms with Gasteiger partial charge in [-0.2, -0.15) is 0 Å². The number of carbonyl (C=O) groups excluding carboxylic acids is 1. The molecule has 6 nitrogen and oxygen atoms in total. The predicted octanol–water partition coefficient (Wildman–Crippen LogP) is 0.271. The molecule has 1 aliphatic heterocycles. The van der Waals surface area contributed by atoms with Crippen LogP contribution in [0.2, 0.25) is 0 Å². The highest BCUT2D eigenvalue weighted by atomic mass is 32.2. The number of para-hydroxylation sites is 1. The van der Waals surface area contributed by atoms with Gasteiger partial charge in [-0.1, -0.05) is 12.1 Å². The first kappa shape index (κ1) is 14.0. The van der Waals surface area contributed by atoms with Gasteiger partial charge in [-0.05, 0) is 32.0 Å². The second-order valence-electron chi connectivity index (χ2n) is 4.67.